The number of aliphatic hydroxyl groups is 1. The van der Waals surface area contributed by atoms with Gasteiger partial charge in [0.2, 0.25) is 0 Å². The molecule has 2 N–H and O–H groups in total. The molecular weight excluding hydrogens is 238 g/mol. The third-order valence-electron chi connectivity index (χ3n) is 3.20. The molecule has 0 aliphatic carbocycles. The van der Waals surface area contributed by atoms with Gasteiger partial charge < -0.3 is 10.4 Å². The van der Waals surface area contributed by atoms with Crippen molar-refractivity contribution in [2.75, 3.05) is 24.6 Å². The van der Waals surface area contributed by atoms with Crippen LogP contribution in [0.5, 0.6) is 0 Å². The quantitative estimate of drug-likeness (QED) is 0.582. The molecule has 0 saturated heterocycles. The smallest absolute Gasteiger partial charge is 0.150 e. The molecule has 17 heavy (non-hydrogen) atoms. The molecule has 1 atom stereocenters. The molecule has 0 aliphatic rings. The summed E-state index contributed by atoms with van der Waals surface area (Å²) in [5.74, 6) is 0.780. The Hall–Kier alpha value is -0.130. The normalized spacial score (nSPS) is 14.2. The van der Waals surface area contributed by atoms with E-state index < -0.39 is 9.84 Å². The average molecular weight is 265 g/mol. The summed E-state index contributed by atoms with van der Waals surface area (Å²) < 4.78 is 22.4. The van der Waals surface area contributed by atoms with E-state index >= 15 is 0 Å². The third-order valence-corrected chi connectivity index (χ3v) is 4.99. The Morgan fingerprint density at radius 1 is 1.18 bits per heavy atom. The van der Waals surface area contributed by atoms with Gasteiger partial charge in [0, 0.05) is 12.3 Å². The Morgan fingerprint density at radius 3 is 2.24 bits per heavy atom. The van der Waals surface area contributed by atoms with Crippen molar-refractivity contribution in [3.8, 4) is 0 Å². The maximum atomic E-state index is 11.2. The lowest BCUT2D eigenvalue weighted by atomic mass is 9.96. The average Bonchev–Trinajstić information content (AvgIpc) is 2.30. The lowest BCUT2D eigenvalue weighted by Crippen LogP contribution is -2.33. The van der Waals surface area contributed by atoms with Crippen molar-refractivity contribution < 1.29 is 13.5 Å². The predicted octanol–water partition coefficient (Wildman–Crippen LogP) is 1.20. The van der Waals surface area contributed by atoms with Gasteiger partial charge in [-0.2, -0.15) is 0 Å². The second-order valence-electron chi connectivity index (χ2n) is 4.44. The minimum Gasteiger partial charge on any atom is -0.392 e. The second kappa shape index (κ2) is 8.89. The van der Waals surface area contributed by atoms with Gasteiger partial charge in [-0.05, 0) is 18.9 Å². The van der Waals surface area contributed by atoms with Gasteiger partial charge in [0.15, 0.2) is 0 Å². The van der Waals surface area contributed by atoms with E-state index in [1.165, 1.54) is 0 Å². The van der Waals surface area contributed by atoms with Gasteiger partial charge in [-0.15, -0.1) is 0 Å². The van der Waals surface area contributed by atoms with Crippen LogP contribution in [0, 0.1) is 5.92 Å². The van der Waals surface area contributed by atoms with Gasteiger partial charge in [-0.1, -0.05) is 33.6 Å². The molecule has 0 fully saturated rings. The van der Waals surface area contributed by atoms with Crippen molar-refractivity contribution in [3.63, 3.8) is 0 Å². The SMILES string of the molecule is CCC(CC)C(O)CNCCCS(=O)(=O)CC. The van der Waals surface area contributed by atoms with E-state index in [4.69, 9.17) is 0 Å². The van der Waals surface area contributed by atoms with Crippen molar-refractivity contribution >= 4 is 9.84 Å². The van der Waals surface area contributed by atoms with Crippen LogP contribution < -0.4 is 5.32 Å². The molecule has 0 spiro atoms. The fourth-order valence-corrected chi connectivity index (χ4v) is 2.68. The van der Waals surface area contributed by atoms with Crippen molar-refractivity contribution in [1.82, 2.24) is 5.32 Å². The highest BCUT2D eigenvalue weighted by Crippen LogP contribution is 2.12. The zero-order chi connectivity index (χ0) is 13.3. The molecule has 0 aromatic rings. The number of hydrogen-bond donors (Lipinski definition) is 2. The minimum atomic E-state index is -2.85. The Balaban J connectivity index is 3.65. The number of nitrogens with one attached hydrogen (secondary N) is 1. The van der Waals surface area contributed by atoms with Crippen LogP contribution in [0.15, 0.2) is 0 Å². The molecule has 0 aromatic heterocycles. The molecule has 1 unspecified atom stereocenters. The summed E-state index contributed by atoms with van der Waals surface area (Å²) in [6.45, 7) is 7.02. The van der Waals surface area contributed by atoms with Crippen molar-refractivity contribution in [3.05, 3.63) is 0 Å². The summed E-state index contributed by atoms with van der Waals surface area (Å²) in [4.78, 5) is 0. The summed E-state index contributed by atoms with van der Waals surface area (Å²) in [5, 5.41) is 13.0. The zero-order valence-electron chi connectivity index (χ0n) is 11.3. The van der Waals surface area contributed by atoms with Gasteiger partial charge in [-0.3, -0.25) is 0 Å². The van der Waals surface area contributed by atoms with Gasteiger partial charge in [0.25, 0.3) is 0 Å². The van der Waals surface area contributed by atoms with Crippen LogP contribution in [0.3, 0.4) is 0 Å². The number of sulfone groups is 1. The molecule has 0 amide bonds. The predicted molar refractivity (Wildman–Crippen MR) is 71.9 cm³/mol. The summed E-state index contributed by atoms with van der Waals surface area (Å²) in [6.07, 6.45) is 2.24. The van der Waals surface area contributed by atoms with Crippen LogP contribution >= 0.6 is 0 Å². The Bertz CT molecular complexity index is 273. The van der Waals surface area contributed by atoms with Crippen molar-refractivity contribution in [2.45, 2.75) is 46.1 Å². The summed E-state index contributed by atoms with van der Waals surface area (Å²) in [5.41, 5.74) is 0. The van der Waals surface area contributed by atoms with Gasteiger partial charge >= 0.3 is 0 Å². The standard InChI is InChI=1S/C12H27NO3S/c1-4-11(5-2)12(14)10-13-8-7-9-17(15,16)6-3/h11-14H,4-10H2,1-3H3. The molecule has 0 saturated carbocycles. The monoisotopic (exact) mass is 265 g/mol. The van der Waals surface area contributed by atoms with Crippen LogP contribution in [0.1, 0.15) is 40.0 Å². The van der Waals surface area contributed by atoms with E-state index in [2.05, 4.69) is 19.2 Å². The maximum Gasteiger partial charge on any atom is 0.150 e. The Morgan fingerprint density at radius 2 is 1.76 bits per heavy atom. The molecule has 0 bridgehead atoms. The first-order valence-corrected chi connectivity index (χ1v) is 8.38. The van der Waals surface area contributed by atoms with E-state index in [0.717, 1.165) is 12.8 Å². The maximum absolute atomic E-state index is 11.2. The van der Waals surface area contributed by atoms with Gasteiger partial charge in [0.1, 0.15) is 9.84 Å². The van der Waals surface area contributed by atoms with Crippen LogP contribution in [0.25, 0.3) is 0 Å². The fourth-order valence-electron chi connectivity index (χ4n) is 1.81. The first-order valence-electron chi connectivity index (χ1n) is 6.56. The molecule has 0 heterocycles. The Kier molecular flexibility index (Phi) is 8.82. The van der Waals surface area contributed by atoms with Crippen molar-refractivity contribution in [2.24, 2.45) is 5.92 Å². The summed E-state index contributed by atoms with van der Waals surface area (Å²) in [7, 11) is -2.85. The van der Waals surface area contributed by atoms with Crippen LogP contribution in [0.4, 0.5) is 0 Å². The first-order chi connectivity index (χ1) is 7.96. The molecular formula is C12H27NO3S. The zero-order valence-corrected chi connectivity index (χ0v) is 12.1. The number of aliphatic hydroxyl groups excluding tert-OH is 1. The van der Waals surface area contributed by atoms with E-state index in [1.807, 2.05) is 0 Å². The highest BCUT2D eigenvalue weighted by Gasteiger charge is 2.14. The number of hydrogen-bond acceptors (Lipinski definition) is 4. The van der Waals surface area contributed by atoms with E-state index in [9.17, 15) is 13.5 Å². The molecule has 4 nitrogen and oxygen atoms in total. The molecule has 104 valence electrons. The summed E-state index contributed by atoms with van der Waals surface area (Å²) >= 11 is 0. The molecule has 0 aliphatic heterocycles. The molecule has 0 rings (SSSR count). The highest BCUT2D eigenvalue weighted by molar-refractivity contribution is 7.91. The molecule has 5 heteroatoms. The van der Waals surface area contributed by atoms with Gasteiger partial charge in [0.05, 0.1) is 11.9 Å². The largest absolute Gasteiger partial charge is 0.392 e. The van der Waals surface area contributed by atoms with Crippen molar-refractivity contribution in [1.29, 1.82) is 0 Å². The van der Waals surface area contributed by atoms with E-state index in [1.54, 1.807) is 6.92 Å². The second-order valence-corrected chi connectivity index (χ2v) is 6.91. The minimum absolute atomic E-state index is 0.212. The third kappa shape index (κ3) is 7.73. The lowest BCUT2D eigenvalue weighted by Gasteiger charge is -2.20. The fraction of sp³-hybridized carbons (Fsp3) is 1.00. The van der Waals surface area contributed by atoms with Crippen LogP contribution in [-0.4, -0.2) is 44.2 Å². The molecule has 0 radical (unpaired) electrons. The summed E-state index contributed by atoms with van der Waals surface area (Å²) in [6, 6.07) is 0. The van der Waals surface area contributed by atoms with E-state index in [-0.39, 0.29) is 17.6 Å². The van der Waals surface area contributed by atoms with Gasteiger partial charge in [-0.25, -0.2) is 8.42 Å². The molecule has 0 aromatic carbocycles. The first kappa shape index (κ1) is 16.9. The number of rotatable bonds is 10. The van der Waals surface area contributed by atoms with Crippen LogP contribution in [0.2, 0.25) is 0 Å². The van der Waals surface area contributed by atoms with Crippen LogP contribution in [-0.2, 0) is 9.84 Å². The Labute approximate surface area is 106 Å². The van der Waals surface area contributed by atoms with E-state index in [0.29, 0.717) is 25.4 Å². The highest BCUT2D eigenvalue weighted by atomic mass is 32.2. The lowest BCUT2D eigenvalue weighted by molar-refractivity contribution is 0.102. The topological polar surface area (TPSA) is 66.4 Å².